The molecule has 3 aromatic heterocycles. The molecule has 0 spiro atoms. The standard InChI is InChI=1S/C25H26NS2.C13H24O2.Ir/c1-15-11-16(2)13-18(12-15)22-24-20(9-10-26-22)17(3)23(28-24)21-8-7-19(27-21)14-25(4,5)6;1-5-10(6-2)12(14)9-13(15)11(7-3)8-4;/h7-12H,14H2,1-6H3;9-11,14H,5-8H2,1-4H3;/q-1;;/b;12-9-;. The fraction of sp³-hybridized carbons (Fsp3) is 0.474. The largest absolute Gasteiger partial charge is 0.512 e. The van der Waals surface area contributed by atoms with Crippen LogP contribution in [0, 0.1) is 44.1 Å². The van der Waals surface area contributed by atoms with Crippen LogP contribution in [0.5, 0.6) is 0 Å². The van der Waals surface area contributed by atoms with Crippen LogP contribution in [0.1, 0.15) is 95.7 Å². The van der Waals surface area contributed by atoms with Crippen molar-refractivity contribution in [2.45, 2.75) is 101 Å². The number of rotatable bonds is 10. The van der Waals surface area contributed by atoms with Gasteiger partial charge in [0.05, 0.1) is 5.76 Å². The van der Waals surface area contributed by atoms with E-state index in [0.29, 0.717) is 5.41 Å². The molecule has 44 heavy (non-hydrogen) atoms. The Labute approximate surface area is 287 Å². The molecule has 0 saturated carbocycles. The molecule has 0 amide bonds. The first-order valence-corrected chi connectivity index (χ1v) is 17.4. The number of nitrogens with zero attached hydrogens (tertiary/aromatic N) is 1. The summed E-state index contributed by atoms with van der Waals surface area (Å²) >= 11 is 3.80. The summed E-state index contributed by atoms with van der Waals surface area (Å²) in [7, 11) is 0. The van der Waals surface area contributed by atoms with Crippen LogP contribution in [-0.4, -0.2) is 15.9 Å². The monoisotopic (exact) mass is 809 g/mol. The molecular formula is C38H50IrNO2S2-. The fourth-order valence-electron chi connectivity index (χ4n) is 5.49. The van der Waals surface area contributed by atoms with E-state index in [-0.39, 0.29) is 43.5 Å². The second kappa shape index (κ2) is 17.0. The van der Waals surface area contributed by atoms with E-state index in [9.17, 15) is 9.90 Å². The van der Waals surface area contributed by atoms with Crippen LogP contribution in [0.3, 0.4) is 0 Å². The number of pyridine rings is 1. The van der Waals surface area contributed by atoms with Gasteiger partial charge in [-0.1, -0.05) is 62.3 Å². The van der Waals surface area contributed by atoms with Crippen LogP contribution < -0.4 is 0 Å². The molecule has 0 aliphatic rings. The molecule has 4 aromatic rings. The summed E-state index contributed by atoms with van der Waals surface area (Å²) in [4.78, 5) is 20.7. The van der Waals surface area contributed by atoms with Crippen molar-refractivity contribution in [3.63, 3.8) is 0 Å². The van der Waals surface area contributed by atoms with Gasteiger partial charge in [0.2, 0.25) is 0 Å². The Bertz CT molecular complexity index is 1530. The van der Waals surface area contributed by atoms with Crippen LogP contribution in [0.25, 0.3) is 31.1 Å². The predicted octanol–water partition coefficient (Wildman–Crippen LogP) is 11.9. The Kier molecular flexibility index (Phi) is 14.7. The molecule has 4 rings (SSSR count). The zero-order valence-corrected chi connectivity index (χ0v) is 32.2. The number of thiophene rings is 2. The van der Waals surface area contributed by atoms with Gasteiger partial charge in [-0.05, 0) is 73.6 Å². The van der Waals surface area contributed by atoms with E-state index in [2.05, 4.69) is 77.9 Å². The molecule has 6 heteroatoms. The van der Waals surface area contributed by atoms with Crippen LogP contribution in [0.4, 0.5) is 0 Å². The smallest absolute Gasteiger partial charge is 0.162 e. The molecule has 1 N–H and O–H groups in total. The molecule has 3 nitrogen and oxygen atoms in total. The van der Waals surface area contributed by atoms with Gasteiger partial charge in [-0.25, -0.2) is 0 Å². The fourth-order valence-corrected chi connectivity index (χ4v) is 8.28. The van der Waals surface area contributed by atoms with Crippen molar-refractivity contribution in [3.05, 3.63) is 76.0 Å². The van der Waals surface area contributed by atoms with Crippen molar-refractivity contribution in [2.75, 3.05) is 0 Å². The number of hydrogen-bond donors (Lipinski definition) is 1. The summed E-state index contributed by atoms with van der Waals surface area (Å²) in [6, 6.07) is 14.6. The van der Waals surface area contributed by atoms with Crippen LogP contribution in [0.15, 0.2) is 48.4 Å². The number of hydrogen-bond acceptors (Lipinski definition) is 5. The summed E-state index contributed by atoms with van der Waals surface area (Å²) in [6.45, 7) is 21.5. The maximum absolute atomic E-state index is 11.7. The van der Waals surface area contributed by atoms with Gasteiger partial charge in [-0.15, -0.1) is 57.6 Å². The second-order valence-corrected chi connectivity index (χ2v) is 15.0. The summed E-state index contributed by atoms with van der Waals surface area (Å²) in [5.74, 6) is 0.547. The number of ketones is 1. The molecule has 1 aromatic carbocycles. The quantitative estimate of drug-likeness (QED) is 0.0986. The van der Waals surface area contributed by atoms with E-state index in [1.165, 1.54) is 41.9 Å². The summed E-state index contributed by atoms with van der Waals surface area (Å²) in [5, 5.41) is 11.1. The summed E-state index contributed by atoms with van der Waals surface area (Å²) in [5.41, 5.74) is 6.23. The minimum atomic E-state index is 0. The second-order valence-electron chi connectivity index (χ2n) is 12.8. The maximum Gasteiger partial charge on any atom is 0.162 e. The van der Waals surface area contributed by atoms with Gasteiger partial charge in [-0.2, -0.15) is 0 Å². The van der Waals surface area contributed by atoms with Gasteiger partial charge in [0.15, 0.2) is 5.78 Å². The average Bonchev–Trinajstić information content (AvgIpc) is 3.52. The van der Waals surface area contributed by atoms with E-state index >= 15 is 0 Å². The first-order chi connectivity index (χ1) is 20.3. The normalized spacial score (nSPS) is 12.0. The van der Waals surface area contributed by atoms with Crippen molar-refractivity contribution >= 4 is 38.5 Å². The number of carbonyl (C=O) groups excluding carboxylic acids is 1. The first kappa shape index (κ1) is 38.1. The number of aromatic nitrogens is 1. The minimum Gasteiger partial charge on any atom is -0.512 e. The molecule has 0 saturated heterocycles. The molecule has 3 heterocycles. The third-order valence-electron chi connectivity index (χ3n) is 7.93. The number of fused-ring (bicyclic) bond motifs is 1. The van der Waals surface area contributed by atoms with Gasteiger partial charge < -0.3 is 10.1 Å². The van der Waals surface area contributed by atoms with E-state index in [1.807, 2.05) is 56.6 Å². The van der Waals surface area contributed by atoms with Gasteiger partial charge in [0.25, 0.3) is 0 Å². The Hall–Kier alpha value is -2.11. The number of aryl methyl sites for hydroxylation is 3. The van der Waals surface area contributed by atoms with Crippen molar-refractivity contribution in [3.8, 4) is 21.0 Å². The van der Waals surface area contributed by atoms with Crippen molar-refractivity contribution < 1.29 is 30.0 Å². The van der Waals surface area contributed by atoms with E-state index in [0.717, 1.165) is 48.9 Å². The summed E-state index contributed by atoms with van der Waals surface area (Å²) < 4.78 is 1.27. The van der Waals surface area contributed by atoms with Crippen LogP contribution in [-0.2, 0) is 31.3 Å². The molecule has 0 aliphatic carbocycles. The van der Waals surface area contributed by atoms with E-state index < -0.39 is 0 Å². The number of allylic oxidation sites excluding steroid dienone is 2. The zero-order valence-electron chi connectivity index (χ0n) is 28.2. The molecule has 1 radical (unpaired) electrons. The SMILES string of the molecule is CCC(CC)C(=O)/C=C(\O)C(CC)CC.Cc1[c-]c(-c2nccc3c(C)c(-c4ccc(CC(C)(C)C)s4)sc23)cc(C)c1.[Ir]. The van der Waals surface area contributed by atoms with E-state index in [4.69, 9.17) is 4.98 Å². The van der Waals surface area contributed by atoms with Gasteiger partial charge in [0.1, 0.15) is 0 Å². The Morgan fingerprint density at radius 2 is 1.59 bits per heavy atom. The topological polar surface area (TPSA) is 50.2 Å². The molecule has 0 bridgehead atoms. The predicted molar refractivity (Wildman–Crippen MR) is 188 cm³/mol. The molecule has 0 atom stereocenters. The minimum absolute atomic E-state index is 0. The maximum atomic E-state index is 11.7. The Morgan fingerprint density at radius 1 is 0.955 bits per heavy atom. The van der Waals surface area contributed by atoms with E-state index in [1.54, 1.807) is 0 Å². The Balaban J connectivity index is 0.000000363. The third-order valence-corrected chi connectivity index (χ3v) is 10.5. The number of carbonyl (C=O) groups is 1. The molecule has 0 unspecified atom stereocenters. The average molecular weight is 809 g/mol. The molecule has 0 fully saturated rings. The van der Waals surface area contributed by atoms with Gasteiger partial charge >= 0.3 is 0 Å². The number of aliphatic hydroxyl groups excluding tert-OH is 1. The van der Waals surface area contributed by atoms with Crippen molar-refractivity contribution in [1.82, 2.24) is 4.98 Å². The molecule has 0 aliphatic heterocycles. The zero-order chi connectivity index (χ0) is 31.9. The Morgan fingerprint density at radius 3 is 2.16 bits per heavy atom. The van der Waals surface area contributed by atoms with Crippen LogP contribution >= 0.6 is 22.7 Å². The molecular weight excluding hydrogens is 759 g/mol. The molecule has 241 valence electrons. The van der Waals surface area contributed by atoms with Crippen LogP contribution in [0.2, 0.25) is 0 Å². The third kappa shape index (κ3) is 9.94. The van der Waals surface area contributed by atoms with Gasteiger partial charge in [-0.3, -0.25) is 4.79 Å². The summed E-state index contributed by atoms with van der Waals surface area (Å²) in [6.07, 6.45) is 7.96. The first-order valence-electron chi connectivity index (χ1n) is 15.7. The van der Waals surface area contributed by atoms with Crippen molar-refractivity contribution in [1.29, 1.82) is 0 Å². The van der Waals surface area contributed by atoms with Gasteiger partial charge in [0, 0.05) is 69.2 Å². The number of benzene rings is 1. The number of aliphatic hydroxyl groups is 1. The van der Waals surface area contributed by atoms with Crippen molar-refractivity contribution in [2.24, 2.45) is 17.3 Å².